The first-order chi connectivity index (χ1) is 7.81. The highest BCUT2D eigenvalue weighted by atomic mass is 32.2. The van der Waals surface area contributed by atoms with Gasteiger partial charge >= 0.3 is 0 Å². The predicted octanol–water partition coefficient (Wildman–Crippen LogP) is 0.356. The van der Waals surface area contributed by atoms with E-state index in [1.165, 1.54) is 0 Å². The Bertz CT molecular complexity index is 454. The Morgan fingerprint density at radius 1 is 1.38 bits per heavy atom. The van der Waals surface area contributed by atoms with Crippen LogP contribution in [-0.2, 0) is 19.3 Å². The first kappa shape index (κ1) is 11.0. The highest BCUT2D eigenvalue weighted by Crippen LogP contribution is 2.19. The highest BCUT2D eigenvalue weighted by Gasteiger charge is 2.07. The molecular weight excluding hydrogens is 224 g/mol. The summed E-state index contributed by atoms with van der Waals surface area (Å²) in [6, 6.07) is 0. The second kappa shape index (κ2) is 5.04. The van der Waals surface area contributed by atoms with Gasteiger partial charge in [0.05, 0.1) is 12.2 Å². The number of nitrogens with zero attached hydrogens (tertiary/aromatic N) is 5. The van der Waals surface area contributed by atoms with Crippen molar-refractivity contribution in [1.29, 1.82) is 0 Å². The molecule has 0 aliphatic carbocycles. The Labute approximate surface area is 97.3 Å². The van der Waals surface area contributed by atoms with Gasteiger partial charge in [-0.15, -0.1) is 10.2 Å². The molecule has 0 aromatic carbocycles. The third-order valence-corrected chi connectivity index (χ3v) is 3.13. The molecule has 0 bridgehead atoms. The van der Waals surface area contributed by atoms with E-state index in [1.807, 2.05) is 11.6 Å². The normalized spacial score (nSPS) is 10.6. The lowest BCUT2D eigenvalue weighted by molar-refractivity contribution is 0.734. The Morgan fingerprint density at radius 3 is 2.88 bits per heavy atom. The van der Waals surface area contributed by atoms with Gasteiger partial charge < -0.3 is 10.3 Å². The van der Waals surface area contributed by atoms with Crippen LogP contribution in [0.4, 0.5) is 0 Å². The smallest absolute Gasteiger partial charge is 0.191 e. The number of hydrogen-bond donors (Lipinski definition) is 1. The van der Waals surface area contributed by atoms with Gasteiger partial charge in [-0.25, -0.2) is 0 Å². The SMILES string of the molecule is Cn1c(CN)nnc1SCc1cnccn1. The van der Waals surface area contributed by atoms with Gasteiger partial charge in [0.15, 0.2) is 5.16 Å². The molecule has 0 saturated heterocycles. The van der Waals surface area contributed by atoms with Crippen molar-refractivity contribution in [2.24, 2.45) is 12.8 Å². The molecule has 2 aromatic rings. The molecule has 0 spiro atoms. The average molecular weight is 236 g/mol. The van der Waals surface area contributed by atoms with Crippen LogP contribution in [0.5, 0.6) is 0 Å². The summed E-state index contributed by atoms with van der Waals surface area (Å²) in [5.41, 5.74) is 6.44. The van der Waals surface area contributed by atoms with Gasteiger partial charge in [-0.3, -0.25) is 9.97 Å². The lowest BCUT2D eigenvalue weighted by Crippen LogP contribution is -2.05. The Balaban J connectivity index is 2.02. The molecule has 0 aliphatic heterocycles. The van der Waals surface area contributed by atoms with E-state index in [2.05, 4.69) is 20.2 Å². The summed E-state index contributed by atoms with van der Waals surface area (Å²) in [6.45, 7) is 0.398. The van der Waals surface area contributed by atoms with E-state index in [1.54, 1.807) is 30.4 Å². The summed E-state index contributed by atoms with van der Waals surface area (Å²) < 4.78 is 1.89. The first-order valence-electron chi connectivity index (χ1n) is 4.77. The zero-order valence-corrected chi connectivity index (χ0v) is 9.68. The second-order valence-corrected chi connectivity index (χ2v) is 4.09. The van der Waals surface area contributed by atoms with E-state index >= 15 is 0 Å². The summed E-state index contributed by atoms with van der Waals surface area (Å²) in [6.07, 6.45) is 5.08. The van der Waals surface area contributed by atoms with Crippen molar-refractivity contribution >= 4 is 11.8 Å². The van der Waals surface area contributed by atoms with E-state index < -0.39 is 0 Å². The molecule has 0 unspecified atom stereocenters. The minimum atomic E-state index is 0.398. The van der Waals surface area contributed by atoms with Crippen LogP contribution in [0.25, 0.3) is 0 Å². The number of nitrogens with two attached hydrogens (primary N) is 1. The molecule has 6 nitrogen and oxygen atoms in total. The summed E-state index contributed by atoms with van der Waals surface area (Å²) in [4.78, 5) is 8.19. The fraction of sp³-hybridized carbons (Fsp3) is 0.333. The van der Waals surface area contributed by atoms with Crippen molar-refractivity contribution in [3.63, 3.8) is 0 Å². The van der Waals surface area contributed by atoms with Gasteiger partial charge in [0.25, 0.3) is 0 Å². The average Bonchev–Trinajstić information content (AvgIpc) is 2.69. The van der Waals surface area contributed by atoms with E-state index in [4.69, 9.17) is 5.73 Å². The van der Waals surface area contributed by atoms with Gasteiger partial charge in [0.1, 0.15) is 5.82 Å². The molecule has 0 saturated carbocycles. The van der Waals surface area contributed by atoms with Crippen LogP contribution in [0.2, 0.25) is 0 Å². The minimum absolute atomic E-state index is 0.398. The molecule has 0 radical (unpaired) electrons. The van der Waals surface area contributed by atoms with Gasteiger partial charge in [0, 0.05) is 31.4 Å². The monoisotopic (exact) mass is 236 g/mol. The van der Waals surface area contributed by atoms with E-state index in [0.29, 0.717) is 6.54 Å². The van der Waals surface area contributed by atoms with Gasteiger partial charge in [-0.1, -0.05) is 11.8 Å². The number of hydrogen-bond acceptors (Lipinski definition) is 6. The van der Waals surface area contributed by atoms with Crippen LogP contribution in [0.15, 0.2) is 23.7 Å². The van der Waals surface area contributed by atoms with E-state index in [9.17, 15) is 0 Å². The van der Waals surface area contributed by atoms with E-state index in [0.717, 1.165) is 22.4 Å². The van der Waals surface area contributed by atoms with Crippen LogP contribution in [0.1, 0.15) is 11.5 Å². The lowest BCUT2D eigenvalue weighted by atomic mass is 10.5. The molecule has 84 valence electrons. The van der Waals surface area contributed by atoms with Crippen LogP contribution >= 0.6 is 11.8 Å². The number of rotatable bonds is 4. The topological polar surface area (TPSA) is 82.5 Å². The fourth-order valence-corrected chi connectivity index (χ4v) is 2.02. The van der Waals surface area contributed by atoms with Crippen LogP contribution < -0.4 is 5.73 Å². The second-order valence-electron chi connectivity index (χ2n) is 3.15. The summed E-state index contributed by atoms with van der Waals surface area (Å²) in [5, 5.41) is 8.87. The molecule has 0 amide bonds. The summed E-state index contributed by atoms with van der Waals surface area (Å²) in [5.74, 6) is 1.51. The zero-order chi connectivity index (χ0) is 11.4. The molecule has 2 heterocycles. The molecule has 0 fully saturated rings. The Hall–Kier alpha value is -1.47. The predicted molar refractivity (Wildman–Crippen MR) is 60.5 cm³/mol. The quantitative estimate of drug-likeness (QED) is 0.772. The van der Waals surface area contributed by atoms with Crippen LogP contribution in [0, 0.1) is 0 Å². The highest BCUT2D eigenvalue weighted by molar-refractivity contribution is 7.98. The van der Waals surface area contributed by atoms with Crippen molar-refractivity contribution < 1.29 is 0 Å². The maximum Gasteiger partial charge on any atom is 0.191 e. The molecule has 16 heavy (non-hydrogen) atoms. The third-order valence-electron chi connectivity index (χ3n) is 2.07. The molecular formula is C9H12N6S. The molecule has 7 heteroatoms. The van der Waals surface area contributed by atoms with Gasteiger partial charge in [-0.2, -0.15) is 0 Å². The number of thioether (sulfide) groups is 1. The Kier molecular flexibility index (Phi) is 3.47. The van der Waals surface area contributed by atoms with Crippen LogP contribution in [0.3, 0.4) is 0 Å². The largest absolute Gasteiger partial charge is 0.324 e. The standard InChI is InChI=1S/C9H12N6S/c1-15-8(4-10)13-14-9(15)16-6-7-5-11-2-3-12-7/h2-3,5H,4,6,10H2,1H3. The maximum atomic E-state index is 5.52. The van der Waals surface area contributed by atoms with Crippen molar-refractivity contribution in [3.05, 3.63) is 30.1 Å². The molecule has 2 aromatic heterocycles. The van der Waals surface area contributed by atoms with Crippen molar-refractivity contribution in [3.8, 4) is 0 Å². The minimum Gasteiger partial charge on any atom is -0.324 e. The van der Waals surface area contributed by atoms with Gasteiger partial charge in [-0.05, 0) is 0 Å². The number of aromatic nitrogens is 5. The first-order valence-corrected chi connectivity index (χ1v) is 5.76. The van der Waals surface area contributed by atoms with Crippen molar-refractivity contribution in [2.45, 2.75) is 17.5 Å². The molecule has 2 rings (SSSR count). The van der Waals surface area contributed by atoms with Crippen molar-refractivity contribution in [2.75, 3.05) is 0 Å². The fourth-order valence-electron chi connectivity index (χ4n) is 1.19. The lowest BCUT2D eigenvalue weighted by Gasteiger charge is -2.01. The molecule has 0 atom stereocenters. The van der Waals surface area contributed by atoms with Gasteiger partial charge in [0.2, 0.25) is 0 Å². The maximum absolute atomic E-state index is 5.52. The summed E-state index contributed by atoms with van der Waals surface area (Å²) >= 11 is 1.57. The summed E-state index contributed by atoms with van der Waals surface area (Å²) in [7, 11) is 1.90. The van der Waals surface area contributed by atoms with Crippen LogP contribution in [-0.4, -0.2) is 24.7 Å². The third kappa shape index (κ3) is 2.37. The molecule has 0 aliphatic rings. The van der Waals surface area contributed by atoms with Crippen molar-refractivity contribution in [1.82, 2.24) is 24.7 Å². The zero-order valence-electron chi connectivity index (χ0n) is 8.87. The molecule has 2 N–H and O–H groups in total. The van der Waals surface area contributed by atoms with E-state index in [-0.39, 0.29) is 0 Å². The Morgan fingerprint density at radius 2 is 2.25 bits per heavy atom.